The molecule has 0 saturated carbocycles. The van der Waals surface area contributed by atoms with Crippen molar-refractivity contribution >= 4 is 29.2 Å². The number of hydrogen-bond acceptors (Lipinski definition) is 3. The van der Waals surface area contributed by atoms with E-state index in [1.54, 1.807) is 12.1 Å². The number of amides is 1. The molecule has 0 saturated heterocycles. The fourth-order valence-corrected chi connectivity index (χ4v) is 2.83. The van der Waals surface area contributed by atoms with Crippen LogP contribution in [-0.2, 0) is 14.3 Å². The van der Waals surface area contributed by atoms with Crippen molar-refractivity contribution in [3.8, 4) is 0 Å². The van der Waals surface area contributed by atoms with Crippen LogP contribution >= 0.6 is 11.6 Å². The SMILES string of the molecule is CCCCCCCCCOC(=O)CCCCC(=O)Nc1ccccc1Cl. The van der Waals surface area contributed by atoms with Crippen LogP contribution in [0.2, 0.25) is 5.02 Å². The maximum Gasteiger partial charge on any atom is 0.305 e. The maximum atomic E-state index is 11.9. The summed E-state index contributed by atoms with van der Waals surface area (Å²) in [6, 6.07) is 7.14. The standard InChI is InChI=1S/C21H32ClNO3/c1-2-3-4-5-6-7-12-17-26-21(25)16-11-10-15-20(24)23-19-14-9-8-13-18(19)22/h8-9,13-14H,2-7,10-12,15-17H2,1H3,(H,23,24). The molecule has 0 heterocycles. The predicted octanol–water partition coefficient (Wildman–Crippen LogP) is 6.13. The van der Waals surface area contributed by atoms with E-state index in [-0.39, 0.29) is 11.9 Å². The van der Waals surface area contributed by atoms with E-state index in [2.05, 4.69) is 12.2 Å². The van der Waals surface area contributed by atoms with E-state index in [0.29, 0.717) is 43.0 Å². The Hall–Kier alpha value is -1.55. The molecule has 0 fully saturated rings. The number of anilines is 1. The molecule has 0 atom stereocenters. The summed E-state index contributed by atoms with van der Waals surface area (Å²) in [5.41, 5.74) is 0.619. The summed E-state index contributed by atoms with van der Waals surface area (Å²) in [5.74, 6) is -0.253. The molecule has 1 aromatic carbocycles. The molecule has 1 rings (SSSR count). The fourth-order valence-electron chi connectivity index (χ4n) is 2.65. The van der Waals surface area contributed by atoms with Crippen molar-refractivity contribution in [1.82, 2.24) is 0 Å². The van der Waals surface area contributed by atoms with Crippen molar-refractivity contribution in [2.75, 3.05) is 11.9 Å². The Morgan fingerprint density at radius 1 is 0.923 bits per heavy atom. The summed E-state index contributed by atoms with van der Waals surface area (Å²) in [4.78, 5) is 23.5. The van der Waals surface area contributed by atoms with Crippen molar-refractivity contribution in [3.63, 3.8) is 0 Å². The minimum Gasteiger partial charge on any atom is -0.466 e. The molecule has 1 N–H and O–H groups in total. The van der Waals surface area contributed by atoms with Crippen LogP contribution in [-0.4, -0.2) is 18.5 Å². The first-order valence-electron chi connectivity index (χ1n) is 9.83. The first-order chi connectivity index (χ1) is 12.6. The number of halogens is 1. The van der Waals surface area contributed by atoms with Gasteiger partial charge in [-0.1, -0.05) is 69.2 Å². The Balaban J connectivity index is 1.97. The van der Waals surface area contributed by atoms with Gasteiger partial charge in [0.1, 0.15) is 0 Å². The van der Waals surface area contributed by atoms with Gasteiger partial charge in [0.25, 0.3) is 0 Å². The van der Waals surface area contributed by atoms with Crippen LogP contribution in [0.3, 0.4) is 0 Å². The third-order valence-corrected chi connectivity index (χ3v) is 4.52. The molecule has 1 aromatic rings. The summed E-state index contributed by atoms with van der Waals surface area (Å²) >= 11 is 6.00. The fraction of sp³-hybridized carbons (Fsp3) is 0.619. The van der Waals surface area contributed by atoms with Crippen molar-refractivity contribution in [3.05, 3.63) is 29.3 Å². The number of rotatable bonds is 14. The van der Waals surface area contributed by atoms with Gasteiger partial charge in [-0.25, -0.2) is 0 Å². The molecule has 0 aromatic heterocycles. The van der Waals surface area contributed by atoms with E-state index < -0.39 is 0 Å². The third kappa shape index (κ3) is 11.1. The Labute approximate surface area is 162 Å². The molecule has 146 valence electrons. The van der Waals surface area contributed by atoms with Crippen LogP contribution in [0.4, 0.5) is 5.69 Å². The summed E-state index contributed by atoms with van der Waals surface area (Å²) in [6.45, 7) is 2.73. The molecule has 0 bridgehead atoms. The second-order valence-electron chi connectivity index (χ2n) is 6.58. The molecule has 5 heteroatoms. The lowest BCUT2D eigenvalue weighted by Gasteiger charge is -2.07. The number of hydrogen-bond donors (Lipinski definition) is 1. The van der Waals surface area contributed by atoms with E-state index in [1.165, 1.54) is 32.1 Å². The third-order valence-electron chi connectivity index (χ3n) is 4.19. The molecule has 4 nitrogen and oxygen atoms in total. The lowest BCUT2D eigenvalue weighted by molar-refractivity contribution is -0.144. The molecule has 0 aliphatic heterocycles. The largest absolute Gasteiger partial charge is 0.466 e. The van der Waals surface area contributed by atoms with Gasteiger partial charge in [-0.3, -0.25) is 9.59 Å². The van der Waals surface area contributed by atoms with Crippen LogP contribution in [0.1, 0.15) is 77.6 Å². The quantitative estimate of drug-likeness (QED) is 0.311. The normalized spacial score (nSPS) is 10.5. The molecule has 0 aliphatic rings. The average Bonchev–Trinajstić information content (AvgIpc) is 2.63. The van der Waals surface area contributed by atoms with Crippen molar-refractivity contribution in [2.45, 2.75) is 77.6 Å². The van der Waals surface area contributed by atoms with Gasteiger partial charge in [0.15, 0.2) is 0 Å². The Bertz CT molecular complexity index is 534. The van der Waals surface area contributed by atoms with E-state index in [0.717, 1.165) is 12.8 Å². The van der Waals surface area contributed by atoms with Crippen LogP contribution in [0, 0.1) is 0 Å². The van der Waals surface area contributed by atoms with E-state index >= 15 is 0 Å². The first-order valence-corrected chi connectivity index (χ1v) is 10.2. The zero-order valence-corrected chi connectivity index (χ0v) is 16.7. The number of ether oxygens (including phenoxy) is 1. The number of benzene rings is 1. The topological polar surface area (TPSA) is 55.4 Å². The van der Waals surface area contributed by atoms with Gasteiger partial charge in [0.2, 0.25) is 5.91 Å². The van der Waals surface area contributed by atoms with Gasteiger partial charge in [0.05, 0.1) is 17.3 Å². The molecule has 1 amide bonds. The lowest BCUT2D eigenvalue weighted by Crippen LogP contribution is -2.12. The van der Waals surface area contributed by atoms with Crippen LogP contribution in [0.15, 0.2) is 24.3 Å². The van der Waals surface area contributed by atoms with Crippen molar-refractivity contribution in [1.29, 1.82) is 0 Å². The van der Waals surface area contributed by atoms with E-state index in [4.69, 9.17) is 16.3 Å². The summed E-state index contributed by atoms with van der Waals surface area (Å²) < 4.78 is 5.23. The second-order valence-corrected chi connectivity index (χ2v) is 6.98. The Morgan fingerprint density at radius 3 is 2.31 bits per heavy atom. The predicted molar refractivity (Wildman–Crippen MR) is 108 cm³/mol. The van der Waals surface area contributed by atoms with Gasteiger partial charge >= 0.3 is 5.97 Å². The lowest BCUT2D eigenvalue weighted by atomic mass is 10.1. The summed E-state index contributed by atoms with van der Waals surface area (Å²) in [5, 5.41) is 3.30. The minimum atomic E-state index is -0.164. The number of carbonyl (C=O) groups is 2. The average molecular weight is 382 g/mol. The highest BCUT2D eigenvalue weighted by atomic mass is 35.5. The molecule has 0 spiro atoms. The van der Waals surface area contributed by atoms with Crippen LogP contribution in [0.5, 0.6) is 0 Å². The number of carbonyl (C=O) groups excluding carboxylic acids is 2. The van der Waals surface area contributed by atoms with Gasteiger partial charge < -0.3 is 10.1 Å². The van der Waals surface area contributed by atoms with Gasteiger partial charge in [-0.15, -0.1) is 0 Å². The van der Waals surface area contributed by atoms with Crippen molar-refractivity contribution < 1.29 is 14.3 Å². The highest BCUT2D eigenvalue weighted by Gasteiger charge is 2.07. The highest BCUT2D eigenvalue weighted by Crippen LogP contribution is 2.20. The number of esters is 1. The number of unbranched alkanes of at least 4 members (excludes halogenated alkanes) is 7. The molecular formula is C21H32ClNO3. The Morgan fingerprint density at radius 2 is 1.58 bits per heavy atom. The number of para-hydroxylation sites is 1. The first kappa shape index (κ1) is 22.5. The van der Waals surface area contributed by atoms with Crippen LogP contribution in [0.25, 0.3) is 0 Å². The molecule has 26 heavy (non-hydrogen) atoms. The zero-order valence-electron chi connectivity index (χ0n) is 15.9. The van der Waals surface area contributed by atoms with E-state index in [9.17, 15) is 9.59 Å². The van der Waals surface area contributed by atoms with E-state index in [1.807, 2.05) is 12.1 Å². The smallest absolute Gasteiger partial charge is 0.305 e. The molecule has 0 aliphatic carbocycles. The second kappa shape index (κ2) is 14.6. The van der Waals surface area contributed by atoms with Gasteiger partial charge in [-0.05, 0) is 31.4 Å². The van der Waals surface area contributed by atoms with Crippen LogP contribution < -0.4 is 5.32 Å². The highest BCUT2D eigenvalue weighted by molar-refractivity contribution is 6.33. The van der Waals surface area contributed by atoms with Gasteiger partial charge in [-0.2, -0.15) is 0 Å². The summed E-state index contributed by atoms with van der Waals surface area (Å²) in [6.07, 6.45) is 10.5. The van der Waals surface area contributed by atoms with Crippen molar-refractivity contribution in [2.24, 2.45) is 0 Å². The zero-order chi connectivity index (χ0) is 19.0. The monoisotopic (exact) mass is 381 g/mol. The maximum absolute atomic E-state index is 11.9. The minimum absolute atomic E-state index is 0.0884. The molecule has 0 unspecified atom stereocenters. The van der Waals surface area contributed by atoms with Gasteiger partial charge in [0, 0.05) is 12.8 Å². The molecule has 0 radical (unpaired) electrons. The summed E-state index contributed by atoms with van der Waals surface area (Å²) in [7, 11) is 0. The number of nitrogens with one attached hydrogen (secondary N) is 1. The Kier molecular flexibility index (Phi) is 12.6. The molecular weight excluding hydrogens is 350 g/mol.